The van der Waals surface area contributed by atoms with E-state index in [9.17, 15) is 14.4 Å². The second-order valence-corrected chi connectivity index (χ2v) is 6.51. The Labute approximate surface area is 161 Å². The lowest BCUT2D eigenvalue weighted by Gasteiger charge is -2.09. The first-order chi connectivity index (χ1) is 13.4. The first-order valence-electron chi connectivity index (χ1n) is 8.98. The second-order valence-electron chi connectivity index (χ2n) is 6.51. The zero-order valence-electron chi connectivity index (χ0n) is 16.4. The molecule has 0 saturated heterocycles. The van der Waals surface area contributed by atoms with Crippen LogP contribution < -0.4 is 16.0 Å². The van der Waals surface area contributed by atoms with Gasteiger partial charge in [-0.2, -0.15) is 0 Å². The number of esters is 1. The predicted octanol–water partition coefficient (Wildman–Crippen LogP) is 1.67. The molecule has 0 spiro atoms. The fraction of sp³-hybridized carbons (Fsp3) is 0.350. The Kier molecular flexibility index (Phi) is 5.39. The summed E-state index contributed by atoms with van der Waals surface area (Å²) in [5, 5.41) is 0. The number of carbonyl (C=O) groups is 1. The van der Waals surface area contributed by atoms with Crippen LogP contribution in [-0.2, 0) is 30.2 Å². The van der Waals surface area contributed by atoms with Gasteiger partial charge in [-0.3, -0.25) is 13.9 Å². The van der Waals surface area contributed by atoms with Gasteiger partial charge in [-0.1, -0.05) is 6.92 Å². The molecule has 3 rings (SSSR count). The van der Waals surface area contributed by atoms with Crippen molar-refractivity contribution in [1.82, 2.24) is 13.7 Å². The van der Waals surface area contributed by atoms with E-state index in [0.717, 1.165) is 11.3 Å². The lowest BCUT2D eigenvalue weighted by Crippen LogP contribution is -2.39. The number of ether oxygens (including phenoxy) is 2. The minimum atomic E-state index is -0.456. The third-order valence-electron chi connectivity index (χ3n) is 4.72. The van der Waals surface area contributed by atoms with Crippen LogP contribution in [0.4, 0.5) is 0 Å². The maximum absolute atomic E-state index is 12.9. The van der Waals surface area contributed by atoms with E-state index in [1.54, 1.807) is 23.7 Å². The molecule has 3 aromatic rings. The molecule has 2 aromatic heterocycles. The molecule has 0 N–H and O–H groups in total. The van der Waals surface area contributed by atoms with Crippen molar-refractivity contribution in [3.63, 3.8) is 0 Å². The Morgan fingerprint density at radius 3 is 2.36 bits per heavy atom. The van der Waals surface area contributed by atoms with Crippen molar-refractivity contribution in [3.05, 3.63) is 51.2 Å². The molecular formula is C20H23N3O5. The van der Waals surface area contributed by atoms with Crippen LogP contribution >= 0.6 is 0 Å². The molecule has 0 saturated carbocycles. The van der Waals surface area contributed by atoms with Crippen molar-refractivity contribution in [2.24, 2.45) is 14.1 Å². The lowest BCUT2D eigenvalue weighted by atomic mass is 10.1. The van der Waals surface area contributed by atoms with Crippen molar-refractivity contribution >= 4 is 17.0 Å². The van der Waals surface area contributed by atoms with Crippen molar-refractivity contribution < 1.29 is 14.3 Å². The highest BCUT2D eigenvalue weighted by Crippen LogP contribution is 2.26. The van der Waals surface area contributed by atoms with E-state index in [4.69, 9.17) is 4.74 Å². The smallest absolute Gasteiger partial charge is 0.343 e. The summed E-state index contributed by atoms with van der Waals surface area (Å²) in [6.45, 7) is 2.15. The van der Waals surface area contributed by atoms with Gasteiger partial charge in [0, 0.05) is 20.6 Å². The molecule has 8 heteroatoms. The summed E-state index contributed by atoms with van der Waals surface area (Å²) in [4.78, 5) is 36.5. The third kappa shape index (κ3) is 3.33. The molecule has 0 fully saturated rings. The summed E-state index contributed by atoms with van der Waals surface area (Å²) in [7, 11) is 4.78. The molecule has 0 aliphatic heterocycles. The number of hydrogen-bond acceptors (Lipinski definition) is 5. The highest BCUT2D eigenvalue weighted by molar-refractivity contribution is 5.83. The Balaban J connectivity index is 2.05. The molecule has 0 radical (unpaired) electrons. The van der Waals surface area contributed by atoms with E-state index in [2.05, 4.69) is 4.74 Å². The SMILES string of the molecule is CCCn1c(=O)c2c(cc(-c3ccc(OCC(=O)OC)cc3)n2C)n(C)c1=O. The molecular weight excluding hydrogens is 362 g/mol. The van der Waals surface area contributed by atoms with Gasteiger partial charge in [-0.25, -0.2) is 9.59 Å². The predicted molar refractivity (Wildman–Crippen MR) is 106 cm³/mol. The number of nitrogens with zero attached hydrogens (tertiary/aromatic N) is 3. The average molecular weight is 385 g/mol. The van der Waals surface area contributed by atoms with Gasteiger partial charge in [0.15, 0.2) is 6.61 Å². The number of rotatable bonds is 6. The molecule has 0 aliphatic carbocycles. The van der Waals surface area contributed by atoms with E-state index in [1.165, 1.54) is 16.2 Å². The zero-order chi connectivity index (χ0) is 20.4. The minimum Gasteiger partial charge on any atom is -0.482 e. The van der Waals surface area contributed by atoms with Gasteiger partial charge in [0.2, 0.25) is 0 Å². The summed E-state index contributed by atoms with van der Waals surface area (Å²) in [5.41, 5.74) is 2.13. The van der Waals surface area contributed by atoms with Gasteiger partial charge in [0.25, 0.3) is 5.56 Å². The third-order valence-corrected chi connectivity index (χ3v) is 4.72. The number of hydrogen-bond donors (Lipinski definition) is 0. The number of aryl methyl sites for hydroxylation is 2. The van der Waals surface area contributed by atoms with E-state index >= 15 is 0 Å². The molecule has 0 bridgehead atoms. The van der Waals surface area contributed by atoms with Crippen LogP contribution in [0.3, 0.4) is 0 Å². The lowest BCUT2D eigenvalue weighted by molar-refractivity contribution is -0.142. The highest BCUT2D eigenvalue weighted by Gasteiger charge is 2.17. The molecule has 1 aromatic carbocycles. The minimum absolute atomic E-state index is 0.164. The van der Waals surface area contributed by atoms with Crippen molar-refractivity contribution in [3.8, 4) is 17.0 Å². The summed E-state index contributed by atoms with van der Waals surface area (Å²) >= 11 is 0. The summed E-state index contributed by atoms with van der Waals surface area (Å²) in [6.07, 6.45) is 0.699. The molecule has 0 aliphatic rings. The average Bonchev–Trinajstić information content (AvgIpc) is 3.05. The fourth-order valence-corrected chi connectivity index (χ4v) is 3.22. The number of benzene rings is 1. The summed E-state index contributed by atoms with van der Waals surface area (Å²) < 4.78 is 14.5. The Hall–Kier alpha value is -3.29. The van der Waals surface area contributed by atoms with Gasteiger partial charge in [-0.15, -0.1) is 0 Å². The van der Waals surface area contributed by atoms with Crippen molar-refractivity contribution in [2.75, 3.05) is 13.7 Å². The number of aromatic nitrogens is 3. The van der Waals surface area contributed by atoms with E-state index in [0.29, 0.717) is 29.7 Å². The highest BCUT2D eigenvalue weighted by atomic mass is 16.6. The van der Waals surface area contributed by atoms with Gasteiger partial charge in [0.1, 0.15) is 11.3 Å². The number of carbonyl (C=O) groups excluding carboxylic acids is 1. The van der Waals surface area contributed by atoms with E-state index in [1.807, 2.05) is 32.2 Å². The van der Waals surface area contributed by atoms with Crippen LogP contribution in [0.15, 0.2) is 39.9 Å². The molecule has 148 valence electrons. The van der Waals surface area contributed by atoms with E-state index < -0.39 is 5.97 Å². The summed E-state index contributed by atoms with van der Waals surface area (Å²) in [5.74, 6) is 0.0765. The molecule has 8 nitrogen and oxygen atoms in total. The molecule has 0 amide bonds. The number of fused-ring (bicyclic) bond motifs is 1. The molecule has 2 heterocycles. The second kappa shape index (κ2) is 7.75. The Morgan fingerprint density at radius 1 is 1.07 bits per heavy atom. The van der Waals surface area contributed by atoms with Gasteiger partial charge in [0.05, 0.1) is 18.3 Å². The fourth-order valence-electron chi connectivity index (χ4n) is 3.22. The monoisotopic (exact) mass is 385 g/mol. The standard InChI is InChI=1S/C20H23N3O5/c1-5-10-23-19(25)18-16(22(3)20(23)26)11-15(21(18)2)13-6-8-14(9-7-13)28-12-17(24)27-4/h6-9,11H,5,10,12H2,1-4H3. The van der Waals surface area contributed by atoms with Crippen LogP contribution in [0.2, 0.25) is 0 Å². The van der Waals surface area contributed by atoms with Crippen LogP contribution in [0.25, 0.3) is 22.3 Å². The molecule has 28 heavy (non-hydrogen) atoms. The maximum atomic E-state index is 12.9. The van der Waals surface area contributed by atoms with Crippen molar-refractivity contribution in [1.29, 1.82) is 0 Å². The van der Waals surface area contributed by atoms with Gasteiger partial charge < -0.3 is 14.0 Å². The van der Waals surface area contributed by atoms with Gasteiger partial charge >= 0.3 is 11.7 Å². The topological polar surface area (TPSA) is 84.5 Å². The van der Waals surface area contributed by atoms with Crippen LogP contribution in [0, 0.1) is 0 Å². The normalized spacial score (nSPS) is 11.0. The van der Waals surface area contributed by atoms with Crippen LogP contribution in [0.5, 0.6) is 5.75 Å². The van der Waals surface area contributed by atoms with Crippen LogP contribution in [0.1, 0.15) is 13.3 Å². The maximum Gasteiger partial charge on any atom is 0.343 e. The van der Waals surface area contributed by atoms with E-state index in [-0.39, 0.29) is 17.9 Å². The quantitative estimate of drug-likeness (QED) is 0.603. The molecule has 0 atom stereocenters. The first-order valence-corrected chi connectivity index (χ1v) is 8.98. The van der Waals surface area contributed by atoms with Crippen LogP contribution in [-0.4, -0.2) is 33.4 Å². The zero-order valence-corrected chi connectivity index (χ0v) is 16.4. The van der Waals surface area contributed by atoms with Gasteiger partial charge in [-0.05, 0) is 42.3 Å². The van der Waals surface area contributed by atoms with Crippen molar-refractivity contribution in [2.45, 2.75) is 19.9 Å². The first kappa shape index (κ1) is 19.5. The number of methoxy groups -OCH3 is 1. The molecule has 0 unspecified atom stereocenters. The largest absolute Gasteiger partial charge is 0.482 e. The summed E-state index contributed by atoms with van der Waals surface area (Å²) in [6, 6.07) is 8.99. The Morgan fingerprint density at radius 2 is 1.75 bits per heavy atom. The Bertz CT molecular complexity index is 1140.